The van der Waals surface area contributed by atoms with E-state index in [0.717, 1.165) is 23.8 Å². The molecule has 1 unspecified atom stereocenters. The predicted octanol–water partition coefficient (Wildman–Crippen LogP) is 4.91. The summed E-state index contributed by atoms with van der Waals surface area (Å²) in [5.41, 5.74) is 1.04. The highest BCUT2D eigenvalue weighted by atomic mass is 32.1. The second-order valence-corrected chi connectivity index (χ2v) is 7.75. The van der Waals surface area contributed by atoms with Gasteiger partial charge < -0.3 is 4.42 Å². The first-order valence-corrected chi connectivity index (χ1v) is 9.94. The van der Waals surface area contributed by atoms with Crippen LogP contribution >= 0.6 is 11.3 Å². The van der Waals surface area contributed by atoms with E-state index in [1.165, 1.54) is 58.0 Å². The number of aromatic nitrogens is 2. The monoisotopic (exact) mass is 331 g/mol. The molecule has 2 aromatic heterocycles. The van der Waals surface area contributed by atoms with Gasteiger partial charge in [-0.3, -0.25) is 4.90 Å². The molecule has 124 valence electrons. The van der Waals surface area contributed by atoms with E-state index >= 15 is 0 Å². The van der Waals surface area contributed by atoms with Crippen LogP contribution in [0.25, 0.3) is 11.5 Å². The molecule has 4 nitrogen and oxygen atoms in total. The highest BCUT2D eigenvalue weighted by Gasteiger charge is 2.30. The van der Waals surface area contributed by atoms with E-state index in [-0.39, 0.29) is 0 Å². The zero-order chi connectivity index (χ0) is 15.5. The Kier molecular flexibility index (Phi) is 4.76. The summed E-state index contributed by atoms with van der Waals surface area (Å²) in [6.45, 7) is 2.39. The Labute approximate surface area is 141 Å². The molecule has 23 heavy (non-hydrogen) atoms. The molecule has 1 atom stereocenters. The van der Waals surface area contributed by atoms with Crippen LogP contribution in [-0.4, -0.2) is 28.2 Å². The summed E-state index contributed by atoms with van der Waals surface area (Å²) >= 11 is 1.66. The summed E-state index contributed by atoms with van der Waals surface area (Å²) in [6.07, 6.45) is 10.8. The van der Waals surface area contributed by atoms with Crippen molar-refractivity contribution in [2.45, 2.75) is 57.4 Å². The minimum atomic E-state index is 0.325. The summed E-state index contributed by atoms with van der Waals surface area (Å²) in [7, 11) is 0. The Bertz CT molecular complexity index is 604. The molecule has 2 fully saturated rings. The normalized spacial score (nSPS) is 24.1. The molecule has 0 N–H and O–H groups in total. The third-order valence-electron chi connectivity index (χ3n) is 5.32. The standard InChI is InChI=1S/C18H25N3OS/c1-2-6-14(7-3-1)12-21-10-5-4-8-16(21)18-20-19-17(22-18)15-9-11-23-13-15/h9,11,13-14,16H,1-8,10,12H2. The van der Waals surface area contributed by atoms with Crippen molar-refractivity contribution in [2.24, 2.45) is 5.92 Å². The van der Waals surface area contributed by atoms with Crippen molar-refractivity contribution >= 4 is 11.3 Å². The van der Waals surface area contributed by atoms with Crippen LogP contribution in [0.15, 0.2) is 21.2 Å². The van der Waals surface area contributed by atoms with Crippen LogP contribution in [0.2, 0.25) is 0 Å². The summed E-state index contributed by atoms with van der Waals surface area (Å²) in [5.74, 6) is 2.36. The van der Waals surface area contributed by atoms with Crippen molar-refractivity contribution in [3.8, 4) is 11.5 Å². The average molecular weight is 331 g/mol. The Morgan fingerprint density at radius 2 is 1.96 bits per heavy atom. The zero-order valence-corrected chi connectivity index (χ0v) is 14.4. The van der Waals surface area contributed by atoms with E-state index in [4.69, 9.17) is 4.42 Å². The molecule has 1 saturated heterocycles. The van der Waals surface area contributed by atoms with Gasteiger partial charge >= 0.3 is 0 Å². The molecule has 1 saturated carbocycles. The molecule has 4 rings (SSSR count). The lowest BCUT2D eigenvalue weighted by Crippen LogP contribution is -2.37. The summed E-state index contributed by atoms with van der Waals surface area (Å²) in [5, 5.41) is 12.8. The van der Waals surface area contributed by atoms with E-state index < -0.39 is 0 Å². The molecule has 2 aliphatic rings. The SMILES string of the molecule is c1cc(-c2nnc(C3CCCCN3CC3CCCCC3)o2)cs1. The van der Waals surface area contributed by atoms with Crippen LogP contribution < -0.4 is 0 Å². The minimum Gasteiger partial charge on any atom is -0.419 e. The molecule has 1 aliphatic heterocycles. The molecule has 0 radical (unpaired) electrons. The van der Waals surface area contributed by atoms with Crippen LogP contribution in [0.3, 0.4) is 0 Å². The summed E-state index contributed by atoms with van der Waals surface area (Å²) in [6, 6.07) is 2.37. The Morgan fingerprint density at radius 3 is 2.78 bits per heavy atom. The summed E-state index contributed by atoms with van der Waals surface area (Å²) < 4.78 is 6.03. The molecule has 2 aromatic rings. The number of thiophene rings is 1. The van der Waals surface area contributed by atoms with Gasteiger partial charge in [0.2, 0.25) is 11.8 Å². The number of nitrogens with zero attached hydrogens (tertiary/aromatic N) is 3. The van der Waals surface area contributed by atoms with E-state index in [0.29, 0.717) is 11.9 Å². The van der Waals surface area contributed by atoms with Gasteiger partial charge in [0.1, 0.15) is 0 Å². The van der Waals surface area contributed by atoms with Crippen molar-refractivity contribution < 1.29 is 4.42 Å². The Hall–Kier alpha value is -1.20. The maximum atomic E-state index is 6.03. The van der Waals surface area contributed by atoms with E-state index in [9.17, 15) is 0 Å². The molecular weight excluding hydrogens is 306 g/mol. The lowest BCUT2D eigenvalue weighted by Gasteiger charge is -2.37. The first kappa shape index (κ1) is 15.3. The number of hydrogen-bond donors (Lipinski definition) is 0. The molecule has 3 heterocycles. The number of likely N-dealkylation sites (tertiary alicyclic amines) is 1. The molecule has 0 amide bonds. The fraction of sp³-hybridized carbons (Fsp3) is 0.667. The topological polar surface area (TPSA) is 42.2 Å². The fourth-order valence-electron chi connectivity index (χ4n) is 4.06. The molecular formula is C18H25N3OS. The second-order valence-electron chi connectivity index (χ2n) is 6.97. The third kappa shape index (κ3) is 3.50. The minimum absolute atomic E-state index is 0.325. The largest absolute Gasteiger partial charge is 0.419 e. The number of piperidine rings is 1. The van der Waals surface area contributed by atoms with E-state index in [1.54, 1.807) is 11.3 Å². The third-order valence-corrected chi connectivity index (χ3v) is 6.01. The molecule has 1 aliphatic carbocycles. The van der Waals surface area contributed by atoms with Gasteiger partial charge in [0, 0.05) is 17.5 Å². The zero-order valence-electron chi connectivity index (χ0n) is 13.6. The van der Waals surface area contributed by atoms with Crippen molar-refractivity contribution in [2.75, 3.05) is 13.1 Å². The Balaban J connectivity index is 1.48. The van der Waals surface area contributed by atoms with Crippen LogP contribution in [-0.2, 0) is 0 Å². The van der Waals surface area contributed by atoms with Gasteiger partial charge in [0.05, 0.1) is 6.04 Å². The highest BCUT2D eigenvalue weighted by Crippen LogP contribution is 2.34. The Morgan fingerprint density at radius 1 is 1.09 bits per heavy atom. The number of hydrogen-bond acceptors (Lipinski definition) is 5. The lowest BCUT2D eigenvalue weighted by molar-refractivity contribution is 0.0958. The van der Waals surface area contributed by atoms with Crippen molar-refractivity contribution in [1.29, 1.82) is 0 Å². The summed E-state index contributed by atoms with van der Waals surface area (Å²) in [4.78, 5) is 2.62. The van der Waals surface area contributed by atoms with Gasteiger partial charge in [0.25, 0.3) is 0 Å². The van der Waals surface area contributed by atoms with Gasteiger partial charge in [0.15, 0.2) is 0 Å². The van der Waals surface area contributed by atoms with Crippen LogP contribution in [0.1, 0.15) is 63.3 Å². The van der Waals surface area contributed by atoms with Crippen molar-refractivity contribution in [1.82, 2.24) is 15.1 Å². The second kappa shape index (κ2) is 7.14. The first-order valence-electron chi connectivity index (χ1n) is 9.00. The first-order chi connectivity index (χ1) is 11.4. The molecule has 5 heteroatoms. The molecule has 0 spiro atoms. The van der Waals surface area contributed by atoms with Gasteiger partial charge in [-0.05, 0) is 49.6 Å². The maximum Gasteiger partial charge on any atom is 0.248 e. The predicted molar refractivity (Wildman–Crippen MR) is 92.4 cm³/mol. The van der Waals surface area contributed by atoms with Gasteiger partial charge in [-0.25, -0.2) is 0 Å². The quantitative estimate of drug-likeness (QED) is 0.798. The van der Waals surface area contributed by atoms with Crippen molar-refractivity contribution in [3.05, 3.63) is 22.7 Å². The smallest absolute Gasteiger partial charge is 0.248 e. The highest BCUT2D eigenvalue weighted by molar-refractivity contribution is 7.08. The van der Waals surface area contributed by atoms with Crippen LogP contribution in [0.4, 0.5) is 0 Å². The van der Waals surface area contributed by atoms with Gasteiger partial charge in [-0.2, -0.15) is 11.3 Å². The molecule has 0 aromatic carbocycles. The van der Waals surface area contributed by atoms with Crippen LogP contribution in [0.5, 0.6) is 0 Å². The lowest BCUT2D eigenvalue weighted by atomic mass is 9.88. The van der Waals surface area contributed by atoms with E-state index in [1.807, 2.05) is 6.07 Å². The van der Waals surface area contributed by atoms with E-state index in [2.05, 4.69) is 25.9 Å². The maximum absolute atomic E-state index is 6.03. The van der Waals surface area contributed by atoms with Gasteiger partial charge in [-0.1, -0.05) is 25.7 Å². The average Bonchev–Trinajstić information content (AvgIpc) is 3.28. The van der Waals surface area contributed by atoms with Crippen molar-refractivity contribution in [3.63, 3.8) is 0 Å². The fourth-order valence-corrected chi connectivity index (χ4v) is 4.69. The molecule has 0 bridgehead atoms. The van der Waals surface area contributed by atoms with Gasteiger partial charge in [-0.15, -0.1) is 10.2 Å². The van der Waals surface area contributed by atoms with Crippen LogP contribution in [0, 0.1) is 5.92 Å². The number of rotatable bonds is 4.